The molecule has 0 aliphatic heterocycles. The number of para-hydroxylation sites is 1. The molecule has 1 aromatic heterocycles. The normalized spacial score (nSPS) is 14.1. The number of thiol groups is 1. The number of hydrogen-bond acceptors (Lipinski definition) is 2. The van der Waals surface area contributed by atoms with E-state index < -0.39 is 0 Å². The average molecular weight is 248 g/mol. The van der Waals surface area contributed by atoms with Gasteiger partial charge in [-0.3, -0.25) is 4.68 Å². The van der Waals surface area contributed by atoms with Crippen molar-refractivity contribution in [1.29, 1.82) is 0 Å². The van der Waals surface area contributed by atoms with Gasteiger partial charge < -0.3 is 0 Å². The first-order valence-corrected chi connectivity index (χ1v) is 6.67. The van der Waals surface area contributed by atoms with Gasteiger partial charge in [0.2, 0.25) is 0 Å². The summed E-state index contributed by atoms with van der Waals surface area (Å²) in [6.07, 6.45) is 1.94. The fraction of sp³-hybridized carbons (Fsp3) is 0.500. The number of hydrogen-bond donors (Lipinski definition) is 1. The van der Waals surface area contributed by atoms with Crippen LogP contribution in [-0.2, 0) is 6.54 Å². The van der Waals surface area contributed by atoms with Gasteiger partial charge in [0.05, 0.1) is 11.7 Å². The van der Waals surface area contributed by atoms with E-state index in [2.05, 4.69) is 61.4 Å². The molecule has 0 fully saturated rings. The summed E-state index contributed by atoms with van der Waals surface area (Å²) in [5.41, 5.74) is 1.47. The van der Waals surface area contributed by atoms with Gasteiger partial charge in [-0.1, -0.05) is 39.0 Å². The third kappa shape index (κ3) is 2.65. The van der Waals surface area contributed by atoms with Gasteiger partial charge in [0, 0.05) is 11.9 Å². The fourth-order valence-electron chi connectivity index (χ4n) is 1.99. The lowest BCUT2D eigenvalue weighted by Gasteiger charge is -2.29. The largest absolute Gasteiger partial charge is 0.265 e. The Hall–Kier alpha value is -0.960. The van der Waals surface area contributed by atoms with Crippen molar-refractivity contribution >= 4 is 23.5 Å². The fourth-order valence-corrected chi connectivity index (χ4v) is 2.65. The van der Waals surface area contributed by atoms with Crippen LogP contribution in [0.25, 0.3) is 10.9 Å². The van der Waals surface area contributed by atoms with E-state index in [4.69, 9.17) is 0 Å². The minimum Gasteiger partial charge on any atom is -0.265 e. The predicted molar refractivity (Wildman–Crippen MR) is 76.5 cm³/mol. The van der Waals surface area contributed by atoms with E-state index in [0.29, 0.717) is 5.92 Å². The summed E-state index contributed by atoms with van der Waals surface area (Å²) in [6, 6.07) is 8.34. The smallest absolute Gasteiger partial charge is 0.0682 e. The molecule has 1 heterocycles. The van der Waals surface area contributed by atoms with E-state index in [1.807, 2.05) is 12.3 Å². The summed E-state index contributed by atoms with van der Waals surface area (Å²) in [6.45, 7) is 7.72. The Bertz CT molecular complexity index is 496. The molecule has 2 aromatic rings. The molecule has 0 radical (unpaired) electrons. The Kier molecular flexibility index (Phi) is 3.48. The molecule has 0 saturated heterocycles. The van der Waals surface area contributed by atoms with Crippen molar-refractivity contribution in [2.45, 2.75) is 27.3 Å². The van der Waals surface area contributed by atoms with Crippen LogP contribution < -0.4 is 0 Å². The number of aromatic nitrogens is 2. The zero-order valence-electron chi connectivity index (χ0n) is 10.7. The minimum atomic E-state index is 0.259. The topological polar surface area (TPSA) is 17.8 Å². The zero-order valence-corrected chi connectivity index (χ0v) is 11.6. The first-order valence-electron chi connectivity index (χ1n) is 6.04. The summed E-state index contributed by atoms with van der Waals surface area (Å²) in [5.74, 6) is 1.41. The maximum absolute atomic E-state index is 4.48. The van der Waals surface area contributed by atoms with Crippen LogP contribution in [0.4, 0.5) is 0 Å². The average Bonchev–Trinajstić information content (AvgIpc) is 2.67. The van der Waals surface area contributed by atoms with Crippen molar-refractivity contribution in [1.82, 2.24) is 9.78 Å². The lowest BCUT2D eigenvalue weighted by atomic mass is 9.82. The van der Waals surface area contributed by atoms with E-state index in [1.165, 1.54) is 10.9 Å². The lowest BCUT2D eigenvalue weighted by molar-refractivity contribution is 0.233. The molecule has 2 nitrogen and oxygen atoms in total. The van der Waals surface area contributed by atoms with Gasteiger partial charge in [-0.25, -0.2) is 0 Å². The Labute approximate surface area is 108 Å². The highest BCUT2D eigenvalue weighted by Gasteiger charge is 2.24. The van der Waals surface area contributed by atoms with Crippen LogP contribution in [0, 0.1) is 11.3 Å². The van der Waals surface area contributed by atoms with Crippen molar-refractivity contribution in [2.24, 2.45) is 11.3 Å². The molecule has 1 aromatic carbocycles. The molecule has 1 atom stereocenters. The summed E-state index contributed by atoms with van der Waals surface area (Å²) >= 11 is 4.47. The second kappa shape index (κ2) is 4.73. The van der Waals surface area contributed by atoms with Crippen molar-refractivity contribution in [3.05, 3.63) is 30.5 Å². The van der Waals surface area contributed by atoms with E-state index in [9.17, 15) is 0 Å². The second-order valence-corrected chi connectivity index (χ2v) is 6.00. The van der Waals surface area contributed by atoms with Crippen LogP contribution >= 0.6 is 12.6 Å². The van der Waals surface area contributed by atoms with Crippen molar-refractivity contribution in [3.63, 3.8) is 0 Å². The van der Waals surface area contributed by atoms with Crippen LogP contribution in [-0.4, -0.2) is 15.5 Å². The maximum Gasteiger partial charge on any atom is 0.0682 e. The third-order valence-electron chi connectivity index (χ3n) is 3.39. The standard InChI is InChI=1S/C14H20N2S/c1-14(2,3)12(10-17)9-16-13-7-5-4-6-11(13)8-15-16/h4-8,12,17H,9-10H2,1-3H3. The van der Waals surface area contributed by atoms with Crippen LogP contribution in [0.15, 0.2) is 30.5 Å². The predicted octanol–water partition coefficient (Wildman–Crippen LogP) is 3.63. The van der Waals surface area contributed by atoms with Crippen molar-refractivity contribution in [2.75, 3.05) is 5.75 Å². The van der Waals surface area contributed by atoms with Gasteiger partial charge in [0.1, 0.15) is 0 Å². The van der Waals surface area contributed by atoms with Gasteiger partial charge in [-0.2, -0.15) is 17.7 Å². The molecule has 17 heavy (non-hydrogen) atoms. The third-order valence-corrected chi connectivity index (χ3v) is 3.83. The Morgan fingerprint density at radius 1 is 1.29 bits per heavy atom. The maximum atomic E-state index is 4.48. The molecule has 3 heteroatoms. The number of nitrogens with zero attached hydrogens (tertiary/aromatic N) is 2. The van der Waals surface area contributed by atoms with Gasteiger partial charge in [-0.05, 0) is 23.2 Å². The molecular formula is C14H20N2S. The molecule has 0 N–H and O–H groups in total. The van der Waals surface area contributed by atoms with Crippen LogP contribution in [0.2, 0.25) is 0 Å². The molecule has 0 aliphatic rings. The summed E-state index contributed by atoms with van der Waals surface area (Å²) in [7, 11) is 0. The number of rotatable bonds is 3. The summed E-state index contributed by atoms with van der Waals surface area (Å²) in [4.78, 5) is 0. The number of benzene rings is 1. The highest BCUT2D eigenvalue weighted by atomic mass is 32.1. The van der Waals surface area contributed by atoms with E-state index in [1.54, 1.807) is 0 Å². The van der Waals surface area contributed by atoms with E-state index in [0.717, 1.165) is 12.3 Å². The van der Waals surface area contributed by atoms with Gasteiger partial charge >= 0.3 is 0 Å². The van der Waals surface area contributed by atoms with Gasteiger partial charge in [0.25, 0.3) is 0 Å². The molecule has 0 amide bonds. The Morgan fingerprint density at radius 2 is 2.00 bits per heavy atom. The summed E-state index contributed by atoms with van der Waals surface area (Å²) < 4.78 is 2.10. The van der Waals surface area contributed by atoms with E-state index >= 15 is 0 Å². The molecule has 0 aliphatic carbocycles. The second-order valence-electron chi connectivity index (χ2n) is 5.63. The van der Waals surface area contributed by atoms with Crippen molar-refractivity contribution < 1.29 is 0 Å². The van der Waals surface area contributed by atoms with Crippen molar-refractivity contribution in [3.8, 4) is 0 Å². The molecule has 0 bridgehead atoms. The zero-order chi connectivity index (χ0) is 12.5. The monoisotopic (exact) mass is 248 g/mol. The molecule has 1 unspecified atom stereocenters. The first-order chi connectivity index (χ1) is 8.02. The van der Waals surface area contributed by atoms with Gasteiger partial charge in [-0.15, -0.1) is 0 Å². The molecule has 92 valence electrons. The quantitative estimate of drug-likeness (QED) is 0.821. The van der Waals surface area contributed by atoms with E-state index in [-0.39, 0.29) is 5.41 Å². The van der Waals surface area contributed by atoms with Crippen LogP contribution in [0.1, 0.15) is 20.8 Å². The van der Waals surface area contributed by atoms with Crippen LogP contribution in [0.3, 0.4) is 0 Å². The summed E-state index contributed by atoms with van der Waals surface area (Å²) in [5, 5.41) is 5.69. The van der Waals surface area contributed by atoms with Crippen LogP contribution in [0.5, 0.6) is 0 Å². The minimum absolute atomic E-state index is 0.259. The Balaban J connectivity index is 2.29. The molecule has 2 rings (SSSR count). The lowest BCUT2D eigenvalue weighted by Crippen LogP contribution is -2.27. The van der Waals surface area contributed by atoms with Gasteiger partial charge in [0.15, 0.2) is 0 Å². The molecular weight excluding hydrogens is 228 g/mol. The number of fused-ring (bicyclic) bond motifs is 1. The first kappa shape index (κ1) is 12.5. The molecule has 0 spiro atoms. The Morgan fingerprint density at radius 3 is 2.65 bits per heavy atom. The SMILES string of the molecule is CC(C)(C)C(CS)Cn1ncc2ccccc21. The highest BCUT2D eigenvalue weighted by Crippen LogP contribution is 2.29. The molecule has 0 saturated carbocycles. The highest BCUT2D eigenvalue weighted by molar-refractivity contribution is 7.80.